The number of pyridine rings is 1. The van der Waals surface area contributed by atoms with Crippen LogP contribution in [0.3, 0.4) is 0 Å². The van der Waals surface area contributed by atoms with E-state index in [-0.39, 0.29) is 0 Å². The minimum atomic E-state index is 0.459. The Bertz CT molecular complexity index is 1200. The van der Waals surface area contributed by atoms with Gasteiger partial charge in [-0.3, -0.25) is 9.88 Å². The predicted molar refractivity (Wildman–Crippen MR) is 154 cm³/mol. The van der Waals surface area contributed by atoms with Gasteiger partial charge >= 0.3 is 0 Å². The van der Waals surface area contributed by atoms with Crippen LogP contribution < -0.4 is 10.6 Å². The number of fused-ring (bicyclic) bond motifs is 1. The van der Waals surface area contributed by atoms with Crippen LogP contribution in [-0.4, -0.2) is 89.8 Å². The van der Waals surface area contributed by atoms with Gasteiger partial charge in [-0.25, -0.2) is 9.97 Å². The molecule has 0 amide bonds. The molecular weight excluding hydrogens is 474 g/mol. The summed E-state index contributed by atoms with van der Waals surface area (Å²) in [7, 11) is 1.92. The van der Waals surface area contributed by atoms with Crippen LogP contribution in [0.2, 0.25) is 0 Å². The van der Waals surface area contributed by atoms with Gasteiger partial charge in [0.1, 0.15) is 12.1 Å². The van der Waals surface area contributed by atoms with Crippen molar-refractivity contribution in [2.45, 2.75) is 50.6 Å². The quantitative estimate of drug-likeness (QED) is 0.476. The van der Waals surface area contributed by atoms with Crippen molar-refractivity contribution in [3.05, 3.63) is 43.0 Å². The van der Waals surface area contributed by atoms with Gasteiger partial charge in [-0.15, -0.1) is 0 Å². The minimum absolute atomic E-state index is 0.459. The Morgan fingerprint density at radius 1 is 0.895 bits per heavy atom. The van der Waals surface area contributed by atoms with Gasteiger partial charge in [0.05, 0.1) is 24.4 Å². The highest BCUT2D eigenvalue weighted by atomic mass is 16.5. The molecule has 0 radical (unpaired) electrons. The Kier molecular flexibility index (Phi) is 7.99. The van der Waals surface area contributed by atoms with Crippen molar-refractivity contribution < 1.29 is 4.74 Å². The Balaban J connectivity index is 1.04. The molecule has 2 aliphatic heterocycles. The molecule has 202 valence electrons. The fourth-order valence-electron chi connectivity index (χ4n) is 6.51. The van der Waals surface area contributed by atoms with E-state index in [0.717, 1.165) is 71.8 Å². The number of ether oxygens (including phenoxy) is 1. The molecule has 2 aromatic heterocycles. The molecule has 0 atom stereocenters. The Hall–Kier alpha value is -2.81. The first kappa shape index (κ1) is 25.5. The maximum absolute atomic E-state index is 5.52. The lowest BCUT2D eigenvalue weighted by Crippen LogP contribution is -2.47. The molecule has 1 aliphatic carbocycles. The number of rotatable bonds is 7. The van der Waals surface area contributed by atoms with Crippen LogP contribution in [0.5, 0.6) is 0 Å². The van der Waals surface area contributed by atoms with E-state index in [4.69, 9.17) is 4.74 Å². The summed E-state index contributed by atoms with van der Waals surface area (Å²) in [5.74, 6) is 1.80. The average Bonchev–Trinajstić information content (AvgIpc) is 2.98. The highest BCUT2D eigenvalue weighted by Crippen LogP contribution is 2.32. The summed E-state index contributed by atoms with van der Waals surface area (Å²) in [5.41, 5.74) is 4.18. The van der Waals surface area contributed by atoms with Crippen LogP contribution in [0, 0.1) is 5.92 Å². The van der Waals surface area contributed by atoms with E-state index in [2.05, 4.69) is 59.7 Å². The summed E-state index contributed by atoms with van der Waals surface area (Å²) >= 11 is 0. The van der Waals surface area contributed by atoms with E-state index in [1.54, 1.807) is 6.33 Å². The van der Waals surface area contributed by atoms with Gasteiger partial charge in [0, 0.05) is 62.1 Å². The maximum atomic E-state index is 5.52. The molecule has 38 heavy (non-hydrogen) atoms. The van der Waals surface area contributed by atoms with Gasteiger partial charge in [-0.2, -0.15) is 0 Å². The first-order valence-corrected chi connectivity index (χ1v) is 14.4. The SMILES string of the molecule is CNc1cncc(-c2ccc3ncnc(NC4CCC(N5CCC(CN6CCOCC6)CC5)CC4)c3c2)c1. The molecule has 8 nitrogen and oxygen atoms in total. The van der Waals surface area contributed by atoms with Crippen molar-refractivity contribution in [2.75, 3.05) is 63.6 Å². The van der Waals surface area contributed by atoms with Crippen LogP contribution >= 0.6 is 0 Å². The van der Waals surface area contributed by atoms with E-state index in [1.165, 1.54) is 58.2 Å². The van der Waals surface area contributed by atoms with Gasteiger partial charge in [-0.05, 0) is 81.3 Å². The molecule has 6 rings (SSSR count). The molecule has 3 fully saturated rings. The molecule has 1 saturated carbocycles. The van der Waals surface area contributed by atoms with Crippen molar-refractivity contribution in [1.82, 2.24) is 24.8 Å². The van der Waals surface area contributed by atoms with Crippen molar-refractivity contribution in [2.24, 2.45) is 5.92 Å². The predicted octanol–water partition coefficient (Wildman–Crippen LogP) is 4.50. The standard InChI is InChI=1S/C30H41N7O/c1-31-26-16-24(18-32-19-26)23-2-7-29-28(17-23)30(34-21-33-29)35-25-3-5-27(6-4-25)37-10-8-22(9-11-37)20-36-12-14-38-15-13-36/h2,7,16-19,21-22,25,27,31H,3-6,8-15,20H2,1H3,(H,33,34,35). The first-order chi connectivity index (χ1) is 18.7. The molecule has 8 heteroatoms. The van der Waals surface area contributed by atoms with Crippen LogP contribution in [0.1, 0.15) is 38.5 Å². The highest BCUT2D eigenvalue weighted by Gasteiger charge is 2.30. The van der Waals surface area contributed by atoms with Gasteiger partial charge in [-0.1, -0.05) is 6.07 Å². The normalized spacial score (nSPS) is 23.9. The van der Waals surface area contributed by atoms with E-state index in [0.29, 0.717) is 6.04 Å². The van der Waals surface area contributed by atoms with Crippen LogP contribution in [0.15, 0.2) is 43.0 Å². The number of morpholine rings is 1. The van der Waals surface area contributed by atoms with Crippen LogP contribution in [-0.2, 0) is 4.74 Å². The van der Waals surface area contributed by atoms with Gasteiger partial charge in [0.2, 0.25) is 0 Å². The topological polar surface area (TPSA) is 78.4 Å². The van der Waals surface area contributed by atoms with E-state index in [1.807, 2.05) is 19.4 Å². The minimum Gasteiger partial charge on any atom is -0.387 e. The zero-order valence-corrected chi connectivity index (χ0v) is 22.6. The molecule has 0 unspecified atom stereocenters. The molecule has 0 spiro atoms. The molecule has 2 saturated heterocycles. The number of nitrogens with one attached hydrogen (secondary N) is 2. The number of nitrogens with zero attached hydrogens (tertiary/aromatic N) is 5. The fourth-order valence-corrected chi connectivity index (χ4v) is 6.51. The van der Waals surface area contributed by atoms with E-state index >= 15 is 0 Å². The number of hydrogen-bond donors (Lipinski definition) is 2. The van der Waals surface area contributed by atoms with Crippen molar-refractivity contribution >= 4 is 22.4 Å². The van der Waals surface area contributed by atoms with Crippen molar-refractivity contribution in [3.8, 4) is 11.1 Å². The molecule has 0 bridgehead atoms. The summed E-state index contributed by atoms with van der Waals surface area (Å²) in [6.07, 6.45) is 13.0. The lowest BCUT2D eigenvalue weighted by molar-refractivity contribution is 0.0208. The Labute approximate surface area is 226 Å². The second-order valence-electron chi connectivity index (χ2n) is 11.2. The van der Waals surface area contributed by atoms with Gasteiger partial charge in [0.25, 0.3) is 0 Å². The third-order valence-corrected chi connectivity index (χ3v) is 8.82. The second-order valence-corrected chi connectivity index (χ2v) is 11.2. The summed E-state index contributed by atoms with van der Waals surface area (Å²) in [5, 5.41) is 8.04. The zero-order chi connectivity index (χ0) is 25.7. The first-order valence-electron chi connectivity index (χ1n) is 14.4. The summed E-state index contributed by atoms with van der Waals surface area (Å²) in [6.45, 7) is 7.83. The molecular formula is C30H41N7O. The molecule has 1 aromatic carbocycles. The van der Waals surface area contributed by atoms with Crippen molar-refractivity contribution in [1.29, 1.82) is 0 Å². The molecule has 4 heterocycles. The summed E-state index contributed by atoms with van der Waals surface area (Å²) in [6, 6.07) is 9.71. The smallest absolute Gasteiger partial charge is 0.137 e. The van der Waals surface area contributed by atoms with Crippen molar-refractivity contribution in [3.63, 3.8) is 0 Å². The largest absolute Gasteiger partial charge is 0.387 e. The number of hydrogen-bond acceptors (Lipinski definition) is 8. The van der Waals surface area contributed by atoms with E-state index in [9.17, 15) is 0 Å². The summed E-state index contributed by atoms with van der Waals surface area (Å²) < 4.78 is 5.52. The Morgan fingerprint density at radius 2 is 1.71 bits per heavy atom. The van der Waals surface area contributed by atoms with Crippen LogP contribution in [0.25, 0.3) is 22.0 Å². The monoisotopic (exact) mass is 515 g/mol. The zero-order valence-electron chi connectivity index (χ0n) is 22.6. The number of piperidine rings is 1. The van der Waals surface area contributed by atoms with Crippen LogP contribution in [0.4, 0.5) is 11.5 Å². The lowest BCUT2D eigenvalue weighted by atomic mass is 9.87. The highest BCUT2D eigenvalue weighted by molar-refractivity contribution is 5.92. The third-order valence-electron chi connectivity index (χ3n) is 8.82. The van der Waals surface area contributed by atoms with Gasteiger partial charge in [0.15, 0.2) is 0 Å². The average molecular weight is 516 g/mol. The number of benzene rings is 1. The maximum Gasteiger partial charge on any atom is 0.137 e. The molecule has 3 aromatic rings. The second kappa shape index (κ2) is 11.9. The molecule has 3 aliphatic rings. The lowest BCUT2D eigenvalue weighted by Gasteiger charge is -2.42. The third kappa shape index (κ3) is 5.92. The van der Waals surface area contributed by atoms with Gasteiger partial charge < -0.3 is 20.3 Å². The fraction of sp³-hybridized carbons (Fsp3) is 0.567. The number of aromatic nitrogens is 3. The summed E-state index contributed by atoms with van der Waals surface area (Å²) in [4.78, 5) is 19.0. The number of likely N-dealkylation sites (tertiary alicyclic amines) is 1. The van der Waals surface area contributed by atoms with E-state index < -0.39 is 0 Å². The number of anilines is 2. The molecule has 2 N–H and O–H groups in total. The Morgan fingerprint density at radius 3 is 2.50 bits per heavy atom.